The number of carbonyl (C=O) groups excluding carboxylic acids is 1. The van der Waals surface area contributed by atoms with Crippen LogP contribution in [0.3, 0.4) is 0 Å². The standard InChI is InChI=1S/C28H29N5O3S/c1-16(17-3-4-17)35-28(34)31-19-7-5-18(6-8-19)26-25(29)22-12-11-21(15-23(22)33(26)20-9-10-20)36-24-13-14-30-27(32-24)37-2/h5-8,11-17,20H,3-4,9-10,29H2,1-2H3,(H,31,34)/t16-/m1/s1. The molecule has 2 aromatic heterocycles. The minimum absolute atomic E-state index is 0.0517. The van der Waals surface area contributed by atoms with Crippen LogP contribution >= 0.6 is 11.8 Å². The lowest BCUT2D eigenvalue weighted by molar-refractivity contribution is 0.108. The van der Waals surface area contributed by atoms with Gasteiger partial charge in [-0.1, -0.05) is 23.9 Å². The highest BCUT2D eigenvalue weighted by molar-refractivity contribution is 7.98. The maximum absolute atomic E-state index is 12.3. The Morgan fingerprint density at radius 2 is 1.92 bits per heavy atom. The molecule has 0 radical (unpaired) electrons. The van der Waals surface area contributed by atoms with Crippen molar-refractivity contribution in [3.05, 3.63) is 54.7 Å². The lowest BCUT2D eigenvalue weighted by atomic mass is 10.1. The number of aromatic nitrogens is 3. The van der Waals surface area contributed by atoms with Gasteiger partial charge < -0.3 is 19.8 Å². The molecule has 0 aliphatic heterocycles. The van der Waals surface area contributed by atoms with Crippen molar-refractivity contribution in [3.63, 3.8) is 0 Å². The van der Waals surface area contributed by atoms with Crippen molar-refractivity contribution in [3.8, 4) is 22.9 Å². The molecule has 190 valence electrons. The summed E-state index contributed by atoms with van der Waals surface area (Å²) in [7, 11) is 0. The topological polar surface area (TPSA) is 104 Å². The molecule has 0 unspecified atom stereocenters. The van der Waals surface area contributed by atoms with Crippen LogP contribution in [0.15, 0.2) is 59.9 Å². The molecule has 0 saturated heterocycles. The maximum Gasteiger partial charge on any atom is 0.411 e. The van der Waals surface area contributed by atoms with E-state index in [-0.39, 0.29) is 6.10 Å². The van der Waals surface area contributed by atoms with Gasteiger partial charge in [0, 0.05) is 41.0 Å². The Hall–Kier alpha value is -3.72. The summed E-state index contributed by atoms with van der Waals surface area (Å²) in [4.78, 5) is 20.9. The summed E-state index contributed by atoms with van der Waals surface area (Å²) in [6, 6.07) is 15.9. The van der Waals surface area contributed by atoms with Crippen molar-refractivity contribution in [1.29, 1.82) is 0 Å². The average molecular weight is 516 g/mol. The summed E-state index contributed by atoms with van der Waals surface area (Å²) in [6.07, 6.45) is 7.64. The quantitative estimate of drug-likeness (QED) is 0.195. The molecule has 0 bridgehead atoms. The van der Waals surface area contributed by atoms with Crippen molar-refractivity contribution in [2.75, 3.05) is 17.3 Å². The Morgan fingerprint density at radius 1 is 1.14 bits per heavy atom. The number of carbonyl (C=O) groups is 1. The molecule has 1 amide bonds. The van der Waals surface area contributed by atoms with Gasteiger partial charge in [-0.2, -0.15) is 4.98 Å². The van der Waals surface area contributed by atoms with Gasteiger partial charge in [-0.3, -0.25) is 5.32 Å². The van der Waals surface area contributed by atoms with Gasteiger partial charge in [-0.15, -0.1) is 0 Å². The summed E-state index contributed by atoms with van der Waals surface area (Å²) in [6.45, 7) is 1.95. The number of fused-ring (bicyclic) bond motifs is 1. The van der Waals surface area contributed by atoms with Gasteiger partial charge in [0.15, 0.2) is 5.16 Å². The van der Waals surface area contributed by atoms with E-state index in [0.717, 1.165) is 53.5 Å². The summed E-state index contributed by atoms with van der Waals surface area (Å²) in [5, 5.41) is 4.49. The Morgan fingerprint density at radius 3 is 2.62 bits per heavy atom. The molecule has 8 nitrogen and oxygen atoms in total. The first kappa shape index (κ1) is 23.7. The number of hydrogen-bond donors (Lipinski definition) is 2. The number of benzene rings is 2. The number of nitrogens with two attached hydrogens (primary N) is 1. The van der Waals surface area contributed by atoms with E-state index >= 15 is 0 Å². The Bertz CT molecular complexity index is 1460. The fourth-order valence-corrected chi connectivity index (χ4v) is 5.02. The first-order chi connectivity index (χ1) is 18.0. The average Bonchev–Trinajstić information content (AvgIpc) is 3.82. The van der Waals surface area contributed by atoms with Gasteiger partial charge in [0.05, 0.1) is 16.9 Å². The van der Waals surface area contributed by atoms with E-state index in [9.17, 15) is 4.79 Å². The summed E-state index contributed by atoms with van der Waals surface area (Å²) >= 11 is 1.47. The van der Waals surface area contributed by atoms with Crippen LogP contribution in [0.2, 0.25) is 0 Å². The van der Waals surface area contributed by atoms with E-state index in [1.165, 1.54) is 11.8 Å². The van der Waals surface area contributed by atoms with Gasteiger partial charge >= 0.3 is 6.09 Å². The van der Waals surface area contributed by atoms with Crippen LogP contribution in [0.5, 0.6) is 11.6 Å². The molecule has 2 saturated carbocycles. The zero-order valence-corrected chi connectivity index (χ0v) is 21.6. The van der Waals surface area contributed by atoms with Crippen LogP contribution < -0.4 is 15.8 Å². The highest BCUT2D eigenvalue weighted by atomic mass is 32.2. The molecule has 2 aliphatic rings. The number of anilines is 2. The SMILES string of the molecule is CSc1nccc(Oc2ccc3c(N)c(-c4ccc(NC(=O)O[C@H](C)C5CC5)cc4)n(C4CC4)c3c2)n1. The molecule has 0 spiro atoms. The van der Waals surface area contributed by atoms with Gasteiger partial charge in [0.2, 0.25) is 5.88 Å². The van der Waals surface area contributed by atoms with E-state index in [2.05, 4.69) is 19.9 Å². The number of amides is 1. The third-order valence-corrected chi connectivity index (χ3v) is 7.49. The van der Waals surface area contributed by atoms with Crippen molar-refractivity contribution in [1.82, 2.24) is 14.5 Å². The predicted octanol–water partition coefficient (Wildman–Crippen LogP) is 6.88. The molecule has 2 fully saturated rings. The summed E-state index contributed by atoms with van der Waals surface area (Å²) in [5.41, 5.74) is 11.1. The predicted molar refractivity (Wildman–Crippen MR) is 146 cm³/mol. The van der Waals surface area contributed by atoms with E-state index in [1.54, 1.807) is 12.3 Å². The lowest BCUT2D eigenvalue weighted by Gasteiger charge is -2.14. The monoisotopic (exact) mass is 515 g/mol. The van der Waals surface area contributed by atoms with Crippen molar-refractivity contribution < 1.29 is 14.3 Å². The maximum atomic E-state index is 12.3. The van der Waals surface area contributed by atoms with Crippen LogP contribution in [-0.2, 0) is 4.74 Å². The summed E-state index contributed by atoms with van der Waals surface area (Å²) in [5.74, 6) is 1.70. The highest BCUT2D eigenvalue weighted by Gasteiger charge is 2.31. The normalized spacial score (nSPS) is 15.9. The molecule has 2 aromatic carbocycles. The van der Waals surface area contributed by atoms with E-state index in [1.807, 2.05) is 55.6 Å². The molecule has 3 N–H and O–H groups in total. The Balaban J connectivity index is 1.28. The minimum Gasteiger partial charge on any atom is -0.446 e. The zero-order valence-electron chi connectivity index (χ0n) is 20.8. The second-order valence-electron chi connectivity index (χ2n) is 9.68. The molecular weight excluding hydrogens is 486 g/mol. The van der Waals surface area contributed by atoms with Gasteiger partial charge in [-0.25, -0.2) is 9.78 Å². The van der Waals surface area contributed by atoms with Crippen LogP contribution in [0.1, 0.15) is 38.6 Å². The molecule has 2 aliphatic carbocycles. The van der Waals surface area contributed by atoms with E-state index in [4.69, 9.17) is 15.2 Å². The van der Waals surface area contributed by atoms with Crippen molar-refractivity contribution in [2.45, 2.75) is 49.9 Å². The van der Waals surface area contributed by atoms with Crippen molar-refractivity contribution in [2.24, 2.45) is 5.92 Å². The number of nitrogens with zero attached hydrogens (tertiary/aromatic N) is 3. The van der Waals surface area contributed by atoms with Gasteiger partial charge in [0.25, 0.3) is 0 Å². The fraction of sp³-hybridized carbons (Fsp3) is 0.321. The van der Waals surface area contributed by atoms with Gasteiger partial charge in [0.1, 0.15) is 11.9 Å². The summed E-state index contributed by atoms with van der Waals surface area (Å²) < 4.78 is 13.9. The van der Waals surface area contributed by atoms with Crippen LogP contribution in [0.25, 0.3) is 22.2 Å². The number of thioether (sulfide) groups is 1. The van der Waals surface area contributed by atoms with E-state index < -0.39 is 6.09 Å². The van der Waals surface area contributed by atoms with Crippen LogP contribution in [-0.4, -0.2) is 33.0 Å². The first-order valence-electron chi connectivity index (χ1n) is 12.6. The minimum atomic E-state index is -0.417. The van der Waals surface area contributed by atoms with Crippen LogP contribution in [0.4, 0.5) is 16.2 Å². The third-order valence-electron chi connectivity index (χ3n) is 6.92. The number of ether oxygens (including phenoxy) is 2. The van der Waals surface area contributed by atoms with Crippen LogP contribution in [0, 0.1) is 5.92 Å². The molecule has 9 heteroatoms. The zero-order chi connectivity index (χ0) is 25.5. The second-order valence-corrected chi connectivity index (χ2v) is 10.4. The number of nitrogen functional groups attached to an aromatic ring is 1. The molecule has 6 rings (SSSR count). The number of hydrogen-bond acceptors (Lipinski definition) is 7. The largest absolute Gasteiger partial charge is 0.446 e. The highest BCUT2D eigenvalue weighted by Crippen LogP contribution is 2.47. The Labute approximate surface area is 219 Å². The molecule has 37 heavy (non-hydrogen) atoms. The molecule has 4 aromatic rings. The Kier molecular flexibility index (Phi) is 6.16. The molecule has 2 heterocycles. The smallest absolute Gasteiger partial charge is 0.411 e. The van der Waals surface area contributed by atoms with Crippen molar-refractivity contribution >= 4 is 40.1 Å². The molecular formula is C28H29N5O3S. The number of nitrogens with one attached hydrogen (secondary N) is 1. The molecule has 1 atom stereocenters. The third kappa shape index (κ3) is 4.96. The number of rotatable bonds is 8. The second kappa shape index (κ2) is 9.63. The first-order valence-corrected chi connectivity index (χ1v) is 13.8. The fourth-order valence-electron chi connectivity index (χ4n) is 4.68. The van der Waals surface area contributed by atoms with E-state index in [0.29, 0.717) is 34.4 Å². The van der Waals surface area contributed by atoms with Gasteiger partial charge in [-0.05, 0) is 69.0 Å². The lowest BCUT2D eigenvalue weighted by Crippen LogP contribution is -2.21.